The molecule has 9 heteroatoms. The molecular weight excluding hydrogens is 1310 g/mol. The molecule has 106 heavy (non-hydrogen) atoms. The lowest BCUT2D eigenvalue weighted by atomic mass is 9.84. The lowest BCUT2D eigenvalue weighted by Gasteiger charge is -2.28. The van der Waals surface area contributed by atoms with Crippen LogP contribution in [0.4, 0.5) is 11.6 Å². The standard InChI is InChI=1S/C48H32N4.C34H24N2.C14H11ClN2.CH4/c1-3-15-31(16-4-1)46-38-23-9-12-24-42(38)49-48(50-46)52-44-26-14-10-20-35(44)40-29-32(27-28-45(40)52)39-30-41-36-21-11-13-25-43(36)51(33-17-5-2-6-18-33)47(41)37-22-8-7-19-34(37)39;1-2-3-11-23-21-34-30(27-15-8-10-17-33(27)36(34)25-12-5-4-6-13-25)22-28(23)24-18-19-32-29(20-24)26-14-7-9-16-31(26)35-32;1-3-4-7-10(2)13-11-8-5-6-9-12(11)16-14(15)17-13;/h1-30,40,45H;2-22,35H,1H2;3-9H,1-2H2;1H4/b;11-3-;7-4-;. The van der Waals surface area contributed by atoms with Crippen LogP contribution in [-0.4, -0.2) is 40.1 Å². The topological polar surface area (TPSA) is 80.5 Å². The summed E-state index contributed by atoms with van der Waals surface area (Å²) in [4.78, 5) is 24.8. The first-order chi connectivity index (χ1) is 51.8. The number of aromatic nitrogens is 7. The van der Waals surface area contributed by atoms with Crippen molar-refractivity contribution < 1.29 is 0 Å². The van der Waals surface area contributed by atoms with Crippen LogP contribution in [0.3, 0.4) is 0 Å². The lowest BCUT2D eigenvalue weighted by Crippen LogP contribution is -2.30. The summed E-state index contributed by atoms with van der Waals surface area (Å²) < 4.78 is 4.79. The second-order valence-corrected chi connectivity index (χ2v) is 26.7. The maximum Gasteiger partial charge on any atom is 0.231 e. The third-order valence-electron chi connectivity index (χ3n) is 20.3. The predicted molar refractivity (Wildman–Crippen MR) is 450 cm³/mol. The number of para-hydroxylation sites is 8. The summed E-state index contributed by atoms with van der Waals surface area (Å²) in [6.07, 6.45) is 18.5. The molecule has 5 aromatic heterocycles. The monoisotopic (exact) mass is 1380 g/mol. The summed E-state index contributed by atoms with van der Waals surface area (Å²) in [6, 6.07) is 105. The van der Waals surface area contributed by atoms with Crippen LogP contribution >= 0.6 is 11.6 Å². The van der Waals surface area contributed by atoms with Gasteiger partial charge in [-0.25, -0.2) is 19.9 Å². The molecule has 20 rings (SSSR count). The Labute approximate surface area is 619 Å². The molecule has 1 N–H and O–H groups in total. The van der Waals surface area contributed by atoms with E-state index in [1.165, 1.54) is 104 Å². The molecule has 0 saturated heterocycles. The van der Waals surface area contributed by atoms with Gasteiger partial charge in [0.05, 0.1) is 50.5 Å². The van der Waals surface area contributed by atoms with Gasteiger partial charge in [-0.15, -0.1) is 0 Å². The molecule has 0 amide bonds. The minimum Gasteiger partial charge on any atom is -0.355 e. The summed E-state index contributed by atoms with van der Waals surface area (Å²) in [7, 11) is 0. The van der Waals surface area contributed by atoms with Crippen molar-refractivity contribution >= 4 is 138 Å². The zero-order valence-electron chi connectivity index (χ0n) is 57.3. The van der Waals surface area contributed by atoms with Crippen LogP contribution in [0.1, 0.15) is 35.7 Å². The van der Waals surface area contributed by atoms with E-state index in [2.05, 4.69) is 340 Å². The molecule has 506 valence electrons. The molecule has 2 aliphatic rings. The number of fused-ring (bicyclic) bond motifs is 16. The second kappa shape index (κ2) is 28.0. The number of aromatic amines is 1. The van der Waals surface area contributed by atoms with Crippen LogP contribution in [0, 0.1) is 0 Å². The maximum absolute atomic E-state index is 5.89. The van der Waals surface area contributed by atoms with Crippen molar-refractivity contribution in [2.24, 2.45) is 0 Å². The number of nitrogens with zero attached hydrogens (tertiary/aromatic N) is 7. The molecule has 0 spiro atoms. The van der Waals surface area contributed by atoms with E-state index < -0.39 is 0 Å². The number of rotatable bonds is 11. The van der Waals surface area contributed by atoms with Gasteiger partial charge >= 0.3 is 0 Å². The molecule has 1 aliphatic carbocycles. The minimum absolute atomic E-state index is 0. The maximum atomic E-state index is 5.89. The number of nitrogens with one attached hydrogen (secondary N) is 1. The molecule has 0 fully saturated rings. The number of anilines is 2. The first kappa shape index (κ1) is 65.8. The van der Waals surface area contributed by atoms with Crippen molar-refractivity contribution in [2.45, 2.75) is 19.4 Å². The number of hydrogen-bond donors (Lipinski definition) is 1. The average molecular weight is 1380 g/mol. The van der Waals surface area contributed by atoms with Crippen LogP contribution in [0.5, 0.6) is 0 Å². The fourth-order valence-corrected chi connectivity index (χ4v) is 15.8. The van der Waals surface area contributed by atoms with Gasteiger partial charge in [0.25, 0.3) is 0 Å². The fraction of sp³-hybridized carbons (Fsp3) is 0.0309. The smallest absolute Gasteiger partial charge is 0.231 e. The highest BCUT2D eigenvalue weighted by atomic mass is 35.5. The third-order valence-corrected chi connectivity index (χ3v) is 20.5. The van der Waals surface area contributed by atoms with Crippen molar-refractivity contribution in [3.63, 3.8) is 0 Å². The van der Waals surface area contributed by atoms with Crippen LogP contribution in [0.15, 0.2) is 366 Å². The first-order valence-corrected chi connectivity index (χ1v) is 35.7. The quantitative estimate of drug-likeness (QED) is 0.103. The molecule has 6 heterocycles. The summed E-state index contributed by atoms with van der Waals surface area (Å²) in [5.74, 6) is 0.853. The zero-order valence-corrected chi connectivity index (χ0v) is 58.0. The van der Waals surface area contributed by atoms with Crippen LogP contribution in [-0.2, 0) is 0 Å². The van der Waals surface area contributed by atoms with E-state index in [1.807, 2.05) is 54.6 Å². The normalized spacial score (nSPS) is 13.9. The Morgan fingerprint density at radius 3 is 1.75 bits per heavy atom. The van der Waals surface area contributed by atoms with Crippen molar-refractivity contribution in [1.29, 1.82) is 0 Å². The highest BCUT2D eigenvalue weighted by Crippen LogP contribution is 2.51. The van der Waals surface area contributed by atoms with E-state index in [1.54, 1.807) is 6.08 Å². The molecule has 13 aromatic carbocycles. The Balaban J connectivity index is 0.000000132. The van der Waals surface area contributed by atoms with Crippen LogP contribution in [0.2, 0.25) is 5.28 Å². The summed E-state index contributed by atoms with van der Waals surface area (Å²) in [6.45, 7) is 11.5. The van der Waals surface area contributed by atoms with Crippen molar-refractivity contribution in [3.05, 3.63) is 393 Å². The van der Waals surface area contributed by atoms with Gasteiger partial charge in [-0.3, -0.25) is 0 Å². The van der Waals surface area contributed by atoms with Crippen molar-refractivity contribution in [2.75, 3.05) is 4.90 Å². The fourth-order valence-electron chi connectivity index (χ4n) is 15.7. The van der Waals surface area contributed by atoms with E-state index in [4.69, 9.17) is 21.6 Å². The Kier molecular flexibility index (Phi) is 17.4. The lowest BCUT2D eigenvalue weighted by molar-refractivity contribution is 0.733. The number of halogens is 1. The number of benzene rings is 13. The van der Waals surface area contributed by atoms with Crippen LogP contribution in [0.25, 0.3) is 149 Å². The molecular formula is C97H71ClN8. The largest absolute Gasteiger partial charge is 0.355 e. The molecule has 1 aliphatic heterocycles. The Hall–Kier alpha value is -13.5. The van der Waals surface area contributed by atoms with E-state index in [0.29, 0.717) is 0 Å². The average Bonchev–Trinajstić information content (AvgIpc) is 1.59. The molecule has 2 unspecified atom stereocenters. The van der Waals surface area contributed by atoms with Gasteiger partial charge < -0.3 is 19.0 Å². The highest BCUT2D eigenvalue weighted by Gasteiger charge is 2.40. The SMILES string of the molecule is C.C1=CC2C(C=C1c1cc3c4ccccc4n(-c4ccccc4)c3c3ccccc13)c1ccccc1N2c1nc(-c2ccccc2)c2ccccc2n1.C=C/C=C\C(=C)c1nc(Cl)nc2ccccc12.C=C/C=C\c1cc2c(cc1-c1ccc3[nH]c4ccccc4c3c1)c1ccccc1n2-c1ccccc1. The van der Waals surface area contributed by atoms with Gasteiger partial charge in [-0.2, -0.15) is 0 Å². The van der Waals surface area contributed by atoms with Crippen molar-refractivity contribution in [1.82, 2.24) is 34.1 Å². The number of H-pyrrole nitrogens is 1. The summed E-state index contributed by atoms with van der Waals surface area (Å²) >= 11 is 5.89. The van der Waals surface area contributed by atoms with Gasteiger partial charge in [0.1, 0.15) is 0 Å². The van der Waals surface area contributed by atoms with Crippen LogP contribution < -0.4 is 4.90 Å². The van der Waals surface area contributed by atoms with Crippen molar-refractivity contribution in [3.8, 4) is 33.8 Å². The van der Waals surface area contributed by atoms with Gasteiger partial charge in [0.2, 0.25) is 11.2 Å². The predicted octanol–water partition coefficient (Wildman–Crippen LogP) is 25.8. The van der Waals surface area contributed by atoms with E-state index in [0.717, 1.165) is 72.7 Å². The number of hydrogen-bond acceptors (Lipinski definition) is 5. The molecule has 18 aromatic rings. The Morgan fingerprint density at radius 1 is 0.443 bits per heavy atom. The van der Waals surface area contributed by atoms with Gasteiger partial charge in [0.15, 0.2) is 0 Å². The Morgan fingerprint density at radius 2 is 1.02 bits per heavy atom. The summed E-state index contributed by atoms with van der Waals surface area (Å²) in [5, 5.41) is 12.2. The molecule has 0 saturated carbocycles. The zero-order chi connectivity index (χ0) is 70.5. The van der Waals surface area contributed by atoms with E-state index in [9.17, 15) is 0 Å². The molecule has 0 bridgehead atoms. The molecule has 8 nitrogen and oxygen atoms in total. The number of allylic oxidation sites excluding steroid dienone is 8. The third kappa shape index (κ3) is 11.6. The Bertz CT molecular complexity index is 6630. The van der Waals surface area contributed by atoms with Gasteiger partial charge in [-0.1, -0.05) is 288 Å². The van der Waals surface area contributed by atoms with Gasteiger partial charge in [0, 0.05) is 88.1 Å². The van der Waals surface area contributed by atoms with Gasteiger partial charge in [-0.05, 0) is 147 Å². The second-order valence-electron chi connectivity index (χ2n) is 26.4. The minimum atomic E-state index is 0. The van der Waals surface area contributed by atoms with E-state index in [-0.39, 0.29) is 24.7 Å². The molecule has 2 atom stereocenters. The van der Waals surface area contributed by atoms with E-state index >= 15 is 0 Å². The molecule has 0 radical (unpaired) electrons. The first-order valence-electron chi connectivity index (χ1n) is 35.3. The highest BCUT2D eigenvalue weighted by molar-refractivity contribution is 6.29. The summed E-state index contributed by atoms with van der Waals surface area (Å²) in [5.41, 5.74) is 23.3.